The van der Waals surface area contributed by atoms with Crippen LogP contribution in [0.15, 0.2) is 36.4 Å². The number of rotatable bonds is 5. The van der Waals surface area contributed by atoms with Crippen LogP contribution in [-0.4, -0.2) is 63.0 Å². The second kappa shape index (κ2) is 7.59. The molecule has 1 fully saturated rings. The van der Waals surface area contributed by atoms with Crippen LogP contribution in [-0.2, 0) is 15.8 Å². The molecule has 1 saturated heterocycles. The summed E-state index contributed by atoms with van der Waals surface area (Å²) < 4.78 is 26.9. The molecule has 0 saturated carbocycles. The number of nitrogens with zero attached hydrogens (tertiary/aromatic N) is 5. The second-order valence-corrected chi connectivity index (χ2v) is 8.62. The molecule has 0 bridgehead atoms. The molecule has 1 aromatic heterocycles. The van der Waals surface area contributed by atoms with Crippen LogP contribution in [0.5, 0.6) is 0 Å². The van der Waals surface area contributed by atoms with Crippen LogP contribution in [0.25, 0.3) is 0 Å². The summed E-state index contributed by atoms with van der Waals surface area (Å²) in [6, 6.07) is 11.3. The molecule has 2 aromatic rings. The molecule has 2 heterocycles. The van der Waals surface area contributed by atoms with Crippen LogP contribution in [0.3, 0.4) is 0 Å². The van der Waals surface area contributed by atoms with Crippen LogP contribution in [0.2, 0.25) is 0 Å². The molecule has 0 N–H and O–H groups in total. The van der Waals surface area contributed by atoms with Crippen LogP contribution in [0.1, 0.15) is 11.4 Å². The van der Waals surface area contributed by atoms with Crippen molar-refractivity contribution in [3.8, 4) is 0 Å². The lowest BCUT2D eigenvalue weighted by Crippen LogP contribution is -2.49. The van der Waals surface area contributed by atoms with Gasteiger partial charge in [0, 0.05) is 46.3 Å². The van der Waals surface area contributed by atoms with Crippen molar-refractivity contribution in [1.29, 1.82) is 0 Å². The Morgan fingerprint density at radius 2 is 1.69 bits per heavy atom. The predicted octanol–water partition coefficient (Wildman–Crippen LogP) is 1.50. The number of aromatic nitrogens is 2. The first-order valence-electron chi connectivity index (χ1n) is 8.65. The van der Waals surface area contributed by atoms with Crippen molar-refractivity contribution in [3.05, 3.63) is 47.8 Å². The fourth-order valence-corrected chi connectivity index (χ4v) is 4.52. The Kier molecular flexibility index (Phi) is 5.43. The van der Waals surface area contributed by atoms with Crippen molar-refractivity contribution < 1.29 is 8.42 Å². The summed E-state index contributed by atoms with van der Waals surface area (Å²) in [6.45, 7) is 4.05. The van der Waals surface area contributed by atoms with E-state index in [9.17, 15) is 8.42 Å². The third kappa shape index (κ3) is 4.31. The minimum Gasteiger partial charge on any atom is -0.363 e. The first-order valence-corrected chi connectivity index (χ1v) is 10.3. The van der Waals surface area contributed by atoms with E-state index < -0.39 is 10.0 Å². The molecule has 0 unspecified atom stereocenters. The number of hydrogen-bond donors (Lipinski definition) is 0. The van der Waals surface area contributed by atoms with E-state index in [1.165, 1.54) is 0 Å². The Morgan fingerprint density at radius 3 is 2.31 bits per heavy atom. The maximum absolute atomic E-state index is 12.7. The van der Waals surface area contributed by atoms with Gasteiger partial charge < -0.3 is 9.80 Å². The summed E-state index contributed by atoms with van der Waals surface area (Å²) in [5, 5.41) is 0. The van der Waals surface area contributed by atoms with E-state index in [2.05, 4.69) is 14.9 Å². The van der Waals surface area contributed by atoms with E-state index in [-0.39, 0.29) is 5.75 Å². The van der Waals surface area contributed by atoms with Crippen molar-refractivity contribution in [1.82, 2.24) is 14.3 Å². The minimum absolute atomic E-state index is 0.0469. The van der Waals surface area contributed by atoms with E-state index >= 15 is 0 Å². The maximum atomic E-state index is 12.7. The SMILES string of the molecule is Cc1nc(N(C)C)cc(N2CCN(S(=O)(=O)Cc3ccccc3)CC2)n1. The molecule has 3 rings (SSSR count). The molecule has 26 heavy (non-hydrogen) atoms. The number of aryl methyl sites for hydroxylation is 1. The Morgan fingerprint density at radius 1 is 1.04 bits per heavy atom. The number of sulfonamides is 1. The zero-order valence-electron chi connectivity index (χ0n) is 15.5. The van der Waals surface area contributed by atoms with Gasteiger partial charge in [-0.3, -0.25) is 0 Å². The standard InChI is InChI=1S/C18H25N5O2S/c1-15-19-17(21(2)3)13-18(20-15)22-9-11-23(12-10-22)26(24,25)14-16-7-5-4-6-8-16/h4-8,13H,9-12,14H2,1-3H3. The quantitative estimate of drug-likeness (QED) is 0.789. The molecule has 1 aromatic carbocycles. The molecule has 8 heteroatoms. The first-order chi connectivity index (χ1) is 12.3. The zero-order chi connectivity index (χ0) is 18.7. The van der Waals surface area contributed by atoms with Gasteiger partial charge in [0.05, 0.1) is 5.75 Å². The monoisotopic (exact) mass is 375 g/mol. The smallest absolute Gasteiger partial charge is 0.218 e. The Labute approximate surface area is 155 Å². The van der Waals surface area contributed by atoms with Crippen LogP contribution >= 0.6 is 0 Å². The van der Waals surface area contributed by atoms with E-state index in [0.29, 0.717) is 32.0 Å². The summed E-state index contributed by atoms with van der Waals surface area (Å²) in [6.07, 6.45) is 0. The van der Waals surface area contributed by atoms with E-state index in [0.717, 1.165) is 17.2 Å². The predicted molar refractivity (Wildman–Crippen MR) is 104 cm³/mol. The lowest BCUT2D eigenvalue weighted by molar-refractivity contribution is 0.383. The van der Waals surface area contributed by atoms with Crippen LogP contribution in [0.4, 0.5) is 11.6 Å². The largest absolute Gasteiger partial charge is 0.363 e. The van der Waals surface area contributed by atoms with Crippen molar-refractivity contribution in [2.24, 2.45) is 0 Å². The number of piperazine rings is 1. The fraction of sp³-hybridized carbons (Fsp3) is 0.444. The number of hydrogen-bond acceptors (Lipinski definition) is 6. The summed E-state index contributed by atoms with van der Waals surface area (Å²) in [5.41, 5.74) is 0.817. The normalized spacial score (nSPS) is 15.9. The minimum atomic E-state index is -3.31. The van der Waals surface area contributed by atoms with Gasteiger partial charge >= 0.3 is 0 Å². The highest BCUT2D eigenvalue weighted by atomic mass is 32.2. The van der Waals surface area contributed by atoms with Crippen molar-refractivity contribution in [3.63, 3.8) is 0 Å². The van der Waals surface area contributed by atoms with Gasteiger partial charge in [0.1, 0.15) is 17.5 Å². The molecule has 0 spiro atoms. The van der Waals surface area contributed by atoms with Crippen LogP contribution in [0, 0.1) is 6.92 Å². The van der Waals surface area contributed by atoms with Gasteiger partial charge in [0.2, 0.25) is 10.0 Å². The van der Waals surface area contributed by atoms with E-state index in [4.69, 9.17) is 0 Å². The molecular formula is C18H25N5O2S. The fourth-order valence-electron chi connectivity index (χ4n) is 3.00. The van der Waals surface area contributed by atoms with Gasteiger partial charge in [-0.25, -0.2) is 18.4 Å². The van der Waals surface area contributed by atoms with Crippen molar-refractivity contribution in [2.75, 3.05) is 50.1 Å². The molecule has 1 aliphatic heterocycles. The number of anilines is 2. The van der Waals surface area contributed by atoms with Crippen LogP contribution < -0.4 is 9.80 Å². The Bertz CT molecular complexity index is 847. The Hall–Kier alpha value is -2.19. The molecule has 0 aliphatic carbocycles. The summed E-state index contributed by atoms with van der Waals surface area (Å²) in [4.78, 5) is 13.0. The lowest BCUT2D eigenvalue weighted by atomic mass is 10.2. The highest BCUT2D eigenvalue weighted by Gasteiger charge is 2.27. The average molecular weight is 375 g/mol. The van der Waals surface area contributed by atoms with Gasteiger partial charge in [-0.15, -0.1) is 0 Å². The molecule has 0 amide bonds. The highest BCUT2D eigenvalue weighted by molar-refractivity contribution is 7.88. The zero-order valence-corrected chi connectivity index (χ0v) is 16.3. The molecule has 0 atom stereocenters. The highest BCUT2D eigenvalue weighted by Crippen LogP contribution is 2.21. The van der Waals surface area contributed by atoms with Crippen molar-refractivity contribution in [2.45, 2.75) is 12.7 Å². The van der Waals surface area contributed by atoms with E-state index in [1.807, 2.05) is 62.3 Å². The van der Waals surface area contributed by atoms with Gasteiger partial charge in [0.25, 0.3) is 0 Å². The lowest BCUT2D eigenvalue weighted by Gasteiger charge is -2.35. The molecular weight excluding hydrogens is 350 g/mol. The van der Waals surface area contributed by atoms with Gasteiger partial charge in [0.15, 0.2) is 0 Å². The second-order valence-electron chi connectivity index (χ2n) is 6.65. The average Bonchev–Trinajstić information content (AvgIpc) is 2.62. The number of benzene rings is 1. The molecule has 140 valence electrons. The van der Waals surface area contributed by atoms with Crippen molar-refractivity contribution >= 4 is 21.7 Å². The molecule has 1 aliphatic rings. The topological polar surface area (TPSA) is 69.6 Å². The maximum Gasteiger partial charge on any atom is 0.218 e. The van der Waals surface area contributed by atoms with Gasteiger partial charge in [-0.1, -0.05) is 30.3 Å². The van der Waals surface area contributed by atoms with Gasteiger partial charge in [-0.05, 0) is 12.5 Å². The summed E-state index contributed by atoms with van der Waals surface area (Å²) in [5.74, 6) is 2.46. The summed E-state index contributed by atoms with van der Waals surface area (Å²) in [7, 11) is 0.582. The molecule has 7 nitrogen and oxygen atoms in total. The third-order valence-electron chi connectivity index (χ3n) is 4.42. The van der Waals surface area contributed by atoms with Gasteiger partial charge in [-0.2, -0.15) is 4.31 Å². The Balaban J connectivity index is 1.67. The molecule has 0 radical (unpaired) electrons. The summed E-state index contributed by atoms with van der Waals surface area (Å²) >= 11 is 0. The third-order valence-corrected chi connectivity index (χ3v) is 6.27. The first kappa shape index (κ1) is 18.6. The van der Waals surface area contributed by atoms with E-state index in [1.54, 1.807) is 4.31 Å².